The Morgan fingerprint density at radius 1 is 1.55 bits per heavy atom. The highest BCUT2D eigenvalue weighted by molar-refractivity contribution is 7.52. The van der Waals surface area contributed by atoms with E-state index in [9.17, 15) is 4.57 Å². The molecule has 0 fully saturated rings. The molecule has 0 aromatic carbocycles. The smallest absolute Gasteiger partial charge is 0.354 e. The van der Waals surface area contributed by atoms with Crippen LogP contribution >= 0.6 is 7.60 Å². The van der Waals surface area contributed by atoms with E-state index in [4.69, 9.17) is 20.0 Å². The number of hydrogen-bond donors (Lipinski definition) is 4. The van der Waals surface area contributed by atoms with Crippen LogP contribution in [0.15, 0.2) is 12.7 Å². The molecule has 0 aliphatic heterocycles. The maximum Gasteiger partial charge on any atom is 0.354 e. The summed E-state index contributed by atoms with van der Waals surface area (Å²) in [6.07, 6.45) is 1.10. The Hall–Kier alpha value is -0.190. The standard InChI is InChI=1S/C5H11O5P/c1-2-4(3-6)5(7)11(8,9)10/h2,4-7H,1,3H2,(H2,8,9,10). The van der Waals surface area contributed by atoms with Crippen LogP contribution in [0.3, 0.4) is 0 Å². The average Bonchev–Trinajstić information content (AvgIpc) is 1.88. The summed E-state index contributed by atoms with van der Waals surface area (Å²) >= 11 is 0. The maximum absolute atomic E-state index is 10.4. The molecule has 2 unspecified atom stereocenters. The lowest BCUT2D eigenvalue weighted by Crippen LogP contribution is -2.21. The van der Waals surface area contributed by atoms with Gasteiger partial charge in [-0.25, -0.2) is 0 Å². The van der Waals surface area contributed by atoms with Crippen LogP contribution in [0.5, 0.6) is 0 Å². The minimum absolute atomic E-state index is 0.532. The SMILES string of the molecule is C=CC(CO)C(O)P(=O)(O)O. The number of aliphatic hydroxyl groups is 2. The Labute approximate surface area is 64.1 Å². The van der Waals surface area contributed by atoms with Gasteiger partial charge in [-0.3, -0.25) is 4.57 Å². The van der Waals surface area contributed by atoms with Crippen molar-refractivity contribution >= 4 is 7.60 Å². The quantitative estimate of drug-likeness (QED) is 0.339. The molecule has 0 heterocycles. The van der Waals surface area contributed by atoms with E-state index >= 15 is 0 Å². The molecule has 0 aliphatic carbocycles. The Morgan fingerprint density at radius 2 is 2.00 bits per heavy atom. The fraction of sp³-hybridized carbons (Fsp3) is 0.600. The van der Waals surface area contributed by atoms with Gasteiger partial charge in [-0.15, -0.1) is 6.58 Å². The van der Waals surface area contributed by atoms with Crippen molar-refractivity contribution in [1.29, 1.82) is 0 Å². The molecule has 0 aromatic rings. The van der Waals surface area contributed by atoms with Crippen LogP contribution in [-0.4, -0.2) is 32.5 Å². The fourth-order valence-corrected chi connectivity index (χ4v) is 1.25. The van der Waals surface area contributed by atoms with Crippen LogP contribution in [-0.2, 0) is 4.57 Å². The number of aliphatic hydroxyl groups excluding tert-OH is 2. The van der Waals surface area contributed by atoms with Gasteiger partial charge in [-0.05, 0) is 0 Å². The third-order valence-electron chi connectivity index (χ3n) is 1.24. The van der Waals surface area contributed by atoms with E-state index < -0.39 is 26.0 Å². The van der Waals surface area contributed by atoms with Crippen molar-refractivity contribution in [2.75, 3.05) is 6.61 Å². The van der Waals surface area contributed by atoms with Gasteiger partial charge >= 0.3 is 7.60 Å². The highest BCUT2D eigenvalue weighted by atomic mass is 31.2. The molecule has 6 heteroatoms. The van der Waals surface area contributed by atoms with Crippen LogP contribution in [0, 0.1) is 5.92 Å². The van der Waals surface area contributed by atoms with Crippen molar-refractivity contribution in [2.45, 2.75) is 5.85 Å². The number of rotatable bonds is 4. The number of hydrogen-bond acceptors (Lipinski definition) is 3. The first-order valence-corrected chi connectivity index (χ1v) is 4.58. The third kappa shape index (κ3) is 3.14. The van der Waals surface area contributed by atoms with Gasteiger partial charge in [0, 0.05) is 5.92 Å². The normalized spacial score (nSPS) is 17.5. The van der Waals surface area contributed by atoms with Crippen molar-refractivity contribution in [2.24, 2.45) is 5.92 Å². The van der Waals surface area contributed by atoms with Gasteiger partial charge in [-0.2, -0.15) is 0 Å². The first-order chi connectivity index (χ1) is 4.93. The second kappa shape index (κ2) is 3.99. The lowest BCUT2D eigenvalue weighted by atomic mass is 10.2. The van der Waals surface area contributed by atoms with E-state index in [0.29, 0.717) is 0 Å². The molecular formula is C5H11O5P. The molecule has 2 atom stereocenters. The minimum atomic E-state index is -4.52. The first kappa shape index (κ1) is 10.8. The minimum Gasteiger partial charge on any atom is -0.396 e. The summed E-state index contributed by atoms with van der Waals surface area (Å²) in [6.45, 7) is 2.67. The maximum atomic E-state index is 10.4. The summed E-state index contributed by atoms with van der Waals surface area (Å²) in [5.41, 5.74) is 0. The molecule has 5 nitrogen and oxygen atoms in total. The second-order valence-electron chi connectivity index (χ2n) is 2.08. The van der Waals surface area contributed by atoms with E-state index in [1.54, 1.807) is 0 Å². The fourth-order valence-electron chi connectivity index (χ4n) is 0.540. The van der Waals surface area contributed by atoms with E-state index in [-0.39, 0.29) is 0 Å². The molecule has 11 heavy (non-hydrogen) atoms. The van der Waals surface area contributed by atoms with E-state index in [1.807, 2.05) is 0 Å². The molecule has 0 amide bonds. The zero-order chi connectivity index (χ0) is 9.07. The average molecular weight is 182 g/mol. The largest absolute Gasteiger partial charge is 0.396 e. The Kier molecular flexibility index (Phi) is 3.92. The molecule has 0 rings (SSSR count). The summed E-state index contributed by atoms with van der Waals surface area (Å²) in [5.74, 6) is -2.83. The first-order valence-electron chi connectivity index (χ1n) is 2.90. The van der Waals surface area contributed by atoms with Crippen LogP contribution in [0.2, 0.25) is 0 Å². The van der Waals surface area contributed by atoms with Gasteiger partial charge in [-0.1, -0.05) is 6.08 Å². The van der Waals surface area contributed by atoms with Gasteiger partial charge in [0.25, 0.3) is 0 Å². The molecule has 0 bridgehead atoms. The Balaban J connectivity index is 4.32. The van der Waals surface area contributed by atoms with Gasteiger partial charge in [0.15, 0.2) is 5.85 Å². The summed E-state index contributed by atoms with van der Waals surface area (Å²) in [7, 11) is -4.52. The lowest BCUT2D eigenvalue weighted by Gasteiger charge is -2.17. The van der Waals surface area contributed by atoms with Crippen molar-refractivity contribution < 1.29 is 24.6 Å². The van der Waals surface area contributed by atoms with Crippen molar-refractivity contribution in [3.63, 3.8) is 0 Å². The summed E-state index contributed by atoms with van der Waals surface area (Å²) in [4.78, 5) is 16.8. The molecule has 66 valence electrons. The highest BCUT2D eigenvalue weighted by Crippen LogP contribution is 2.43. The zero-order valence-electron chi connectivity index (χ0n) is 5.79. The van der Waals surface area contributed by atoms with E-state index in [2.05, 4.69) is 6.58 Å². The molecule has 0 saturated carbocycles. The predicted octanol–water partition coefficient (Wildman–Crippen LogP) is -0.723. The van der Waals surface area contributed by atoms with Crippen molar-refractivity contribution in [1.82, 2.24) is 0 Å². The molecule has 4 N–H and O–H groups in total. The molecule has 0 aliphatic rings. The summed E-state index contributed by atoms with van der Waals surface area (Å²) in [5, 5.41) is 17.3. The van der Waals surface area contributed by atoms with Gasteiger partial charge in [0.1, 0.15) is 0 Å². The molecule has 0 saturated heterocycles. The molecule has 0 aromatic heterocycles. The lowest BCUT2D eigenvalue weighted by molar-refractivity contribution is 0.123. The van der Waals surface area contributed by atoms with Crippen LogP contribution < -0.4 is 0 Å². The van der Waals surface area contributed by atoms with Gasteiger partial charge in [0.05, 0.1) is 6.61 Å². The Bertz CT molecular complexity index is 174. The van der Waals surface area contributed by atoms with Gasteiger partial charge in [0.2, 0.25) is 0 Å². The summed E-state index contributed by atoms with van der Waals surface area (Å²) in [6, 6.07) is 0. The topological polar surface area (TPSA) is 98.0 Å². The van der Waals surface area contributed by atoms with Crippen LogP contribution in [0.25, 0.3) is 0 Å². The molecular weight excluding hydrogens is 171 g/mol. The molecule has 0 spiro atoms. The van der Waals surface area contributed by atoms with E-state index in [1.165, 1.54) is 0 Å². The monoisotopic (exact) mass is 182 g/mol. The summed E-state index contributed by atoms with van der Waals surface area (Å²) < 4.78 is 10.4. The van der Waals surface area contributed by atoms with Crippen molar-refractivity contribution in [3.8, 4) is 0 Å². The van der Waals surface area contributed by atoms with Crippen molar-refractivity contribution in [3.05, 3.63) is 12.7 Å². The Morgan fingerprint density at radius 3 is 2.09 bits per heavy atom. The van der Waals surface area contributed by atoms with E-state index in [0.717, 1.165) is 6.08 Å². The third-order valence-corrected chi connectivity index (χ3v) is 2.31. The van der Waals surface area contributed by atoms with Crippen LogP contribution in [0.4, 0.5) is 0 Å². The molecule has 0 radical (unpaired) electrons. The second-order valence-corrected chi connectivity index (χ2v) is 3.79. The van der Waals surface area contributed by atoms with Gasteiger partial charge < -0.3 is 20.0 Å². The predicted molar refractivity (Wildman–Crippen MR) is 38.8 cm³/mol. The zero-order valence-corrected chi connectivity index (χ0v) is 6.69. The van der Waals surface area contributed by atoms with Crippen LogP contribution in [0.1, 0.15) is 0 Å². The highest BCUT2D eigenvalue weighted by Gasteiger charge is 2.32.